The molecule has 1 radical (unpaired) electrons. The highest BCUT2D eigenvalue weighted by atomic mass is 15.0. The van der Waals surface area contributed by atoms with E-state index in [2.05, 4.69) is 108 Å². The highest BCUT2D eigenvalue weighted by molar-refractivity contribution is 6.11. The zero-order chi connectivity index (χ0) is 19.2. The van der Waals surface area contributed by atoms with Crippen LogP contribution >= 0.6 is 0 Å². The molecule has 1 aromatic heterocycles. The summed E-state index contributed by atoms with van der Waals surface area (Å²) in [6.45, 7) is 0. The second-order valence-corrected chi connectivity index (χ2v) is 7.37. The molecule has 135 valence electrons. The van der Waals surface area contributed by atoms with E-state index in [9.17, 15) is 0 Å². The lowest BCUT2D eigenvalue weighted by Gasteiger charge is -2.09. The molecule has 0 N–H and O–H groups in total. The van der Waals surface area contributed by atoms with Crippen molar-refractivity contribution in [2.75, 3.05) is 0 Å². The van der Waals surface area contributed by atoms with Gasteiger partial charge in [0.2, 0.25) is 0 Å². The average Bonchev–Trinajstić information content (AvgIpc) is 3.13. The summed E-state index contributed by atoms with van der Waals surface area (Å²) in [5.74, 6) is 0. The summed E-state index contributed by atoms with van der Waals surface area (Å²) < 4.78 is 2.34. The van der Waals surface area contributed by atoms with Crippen molar-refractivity contribution < 1.29 is 0 Å². The van der Waals surface area contributed by atoms with Gasteiger partial charge in [0.05, 0.1) is 11.0 Å². The predicted molar refractivity (Wildman–Crippen MR) is 123 cm³/mol. The van der Waals surface area contributed by atoms with Crippen LogP contribution in [0.15, 0.2) is 109 Å². The topological polar surface area (TPSA) is 4.93 Å². The zero-order valence-corrected chi connectivity index (χ0v) is 15.8. The molecule has 0 aliphatic heterocycles. The van der Waals surface area contributed by atoms with Crippen molar-refractivity contribution >= 4 is 32.6 Å². The van der Waals surface area contributed by atoms with Gasteiger partial charge in [-0.2, -0.15) is 0 Å². The summed E-state index contributed by atoms with van der Waals surface area (Å²) in [6.07, 6.45) is 0. The van der Waals surface area contributed by atoms with Gasteiger partial charge in [-0.25, -0.2) is 0 Å². The second kappa shape index (κ2) is 6.35. The molecule has 0 spiro atoms. The molecular weight excluding hydrogens is 350 g/mol. The van der Waals surface area contributed by atoms with Crippen molar-refractivity contribution in [1.29, 1.82) is 0 Å². The fourth-order valence-corrected chi connectivity index (χ4v) is 4.42. The third-order valence-electron chi connectivity index (χ3n) is 5.73. The molecule has 0 bridgehead atoms. The van der Waals surface area contributed by atoms with E-state index in [0.717, 1.165) is 5.69 Å². The lowest BCUT2D eigenvalue weighted by atomic mass is 9.97. The van der Waals surface area contributed by atoms with Crippen molar-refractivity contribution in [1.82, 2.24) is 4.57 Å². The maximum atomic E-state index is 3.13. The van der Waals surface area contributed by atoms with Crippen LogP contribution in [0.2, 0.25) is 0 Å². The van der Waals surface area contributed by atoms with Crippen LogP contribution in [0.4, 0.5) is 0 Å². The summed E-state index contributed by atoms with van der Waals surface area (Å²) in [7, 11) is 0. The fourth-order valence-electron chi connectivity index (χ4n) is 4.42. The maximum absolute atomic E-state index is 3.13. The quantitative estimate of drug-likeness (QED) is 0.300. The number of fused-ring (bicyclic) bond motifs is 4. The van der Waals surface area contributed by atoms with Crippen LogP contribution in [-0.4, -0.2) is 4.57 Å². The largest absolute Gasteiger partial charge is 0.309 e. The van der Waals surface area contributed by atoms with Gasteiger partial charge >= 0.3 is 0 Å². The molecule has 0 fully saturated rings. The number of aromatic nitrogens is 1. The van der Waals surface area contributed by atoms with E-state index < -0.39 is 0 Å². The molecule has 0 aliphatic carbocycles. The normalized spacial score (nSPS) is 11.4. The minimum Gasteiger partial charge on any atom is -0.309 e. The van der Waals surface area contributed by atoms with Gasteiger partial charge in [-0.05, 0) is 58.3 Å². The Kier molecular flexibility index (Phi) is 3.54. The molecule has 0 amide bonds. The van der Waals surface area contributed by atoms with Crippen LogP contribution in [0.1, 0.15) is 0 Å². The van der Waals surface area contributed by atoms with Crippen LogP contribution < -0.4 is 0 Å². The van der Waals surface area contributed by atoms with Crippen LogP contribution in [0.25, 0.3) is 49.4 Å². The Hall–Kier alpha value is -3.84. The van der Waals surface area contributed by atoms with E-state index in [1.807, 2.05) is 12.1 Å². The summed E-state index contributed by atoms with van der Waals surface area (Å²) >= 11 is 0. The monoisotopic (exact) mass is 368 g/mol. The van der Waals surface area contributed by atoms with Gasteiger partial charge in [-0.3, -0.25) is 0 Å². The Morgan fingerprint density at radius 1 is 0.552 bits per heavy atom. The summed E-state index contributed by atoms with van der Waals surface area (Å²) in [4.78, 5) is 0. The molecule has 5 aromatic carbocycles. The van der Waals surface area contributed by atoms with Crippen LogP contribution in [-0.2, 0) is 0 Å². The van der Waals surface area contributed by atoms with E-state index in [1.54, 1.807) is 0 Å². The predicted octanol–water partition coefficient (Wildman–Crippen LogP) is 7.40. The molecule has 1 nitrogen and oxygen atoms in total. The first-order chi connectivity index (χ1) is 14.4. The van der Waals surface area contributed by atoms with Gasteiger partial charge in [0.15, 0.2) is 0 Å². The Morgan fingerprint density at radius 3 is 2.17 bits per heavy atom. The Balaban J connectivity index is 1.68. The first kappa shape index (κ1) is 16.1. The number of nitrogens with zero attached hydrogens (tertiary/aromatic N) is 1. The van der Waals surface area contributed by atoms with E-state index in [1.165, 1.54) is 43.7 Å². The summed E-state index contributed by atoms with van der Waals surface area (Å²) in [6, 6.07) is 41.9. The van der Waals surface area contributed by atoms with E-state index in [0.29, 0.717) is 0 Å². The van der Waals surface area contributed by atoms with Crippen molar-refractivity contribution in [2.24, 2.45) is 0 Å². The van der Waals surface area contributed by atoms with Crippen LogP contribution in [0.3, 0.4) is 0 Å². The molecule has 0 aliphatic rings. The van der Waals surface area contributed by atoms with Gasteiger partial charge in [0, 0.05) is 16.5 Å². The summed E-state index contributed by atoms with van der Waals surface area (Å²) in [5.41, 5.74) is 6.13. The Bertz CT molecular complexity index is 1480. The highest BCUT2D eigenvalue weighted by Gasteiger charge is 2.13. The SMILES string of the molecule is [c]1ccc(-n2c3ccccc3c3cc(-c4cccc5ccccc45)ccc32)cc1. The van der Waals surface area contributed by atoms with Gasteiger partial charge < -0.3 is 4.57 Å². The molecule has 0 saturated heterocycles. The van der Waals surface area contributed by atoms with Crippen molar-refractivity contribution in [3.63, 3.8) is 0 Å². The van der Waals surface area contributed by atoms with Gasteiger partial charge in [-0.1, -0.05) is 78.9 Å². The van der Waals surface area contributed by atoms with Gasteiger partial charge in [0.25, 0.3) is 0 Å². The average molecular weight is 368 g/mol. The lowest BCUT2D eigenvalue weighted by Crippen LogP contribution is -1.92. The van der Waals surface area contributed by atoms with E-state index in [4.69, 9.17) is 0 Å². The first-order valence-electron chi connectivity index (χ1n) is 9.88. The number of benzene rings is 5. The minimum absolute atomic E-state index is 1.16. The van der Waals surface area contributed by atoms with Crippen LogP contribution in [0, 0.1) is 6.07 Å². The Labute approximate surface area is 169 Å². The Morgan fingerprint density at radius 2 is 1.28 bits per heavy atom. The molecule has 29 heavy (non-hydrogen) atoms. The highest BCUT2D eigenvalue weighted by Crippen LogP contribution is 2.36. The van der Waals surface area contributed by atoms with Crippen molar-refractivity contribution in [3.05, 3.63) is 115 Å². The van der Waals surface area contributed by atoms with Gasteiger partial charge in [0.1, 0.15) is 0 Å². The standard InChI is InChI=1S/C28H18N/c1-2-11-22(12-3-1)29-27-16-7-6-14-25(27)26-19-21(17-18-28(26)29)24-15-8-10-20-9-4-5-13-23(20)24/h2-19H. The van der Waals surface area contributed by atoms with E-state index in [-0.39, 0.29) is 0 Å². The minimum atomic E-state index is 1.16. The molecule has 6 aromatic rings. The second-order valence-electron chi connectivity index (χ2n) is 7.37. The fraction of sp³-hybridized carbons (Fsp3) is 0. The molecule has 0 unspecified atom stereocenters. The number of hydrogen-bond acceptors (Lipinski definition) is 0. The molecular formula is C28H18N. The molecule has 1 heteroatoms. The smallest absolute Gasteiger partial charge is 0.0541 e. The van der Waals surface area contributed by atoms with Crippen LogP contribution in [0.5, 0.6) is 0 Å². The van der Waals surface area contributed by atoms with E-state index >= 15 is 0 Å². The third-order valence-corrected chi connectivity index (χ3v) is 5.73. The third kappa shape index (κ3) is 2.48. The van der Waals surface area contributed by atoms with Gasteiger partial charge in [-0.15, -0.1) is 0 Å². The lowest BCUT2D eigenvalue weighted by molar-refractivity contribution is 1.18. The number of hydrogen-bond donors (Lipinski definition) is 0. The maximum Gasteiger partial charge on any atom is 0.0541 e. The number of para-hydroxylation sites is 1. The molecule has 6 rings (SSSR count). The first-order valence-corrected chi connectivity index (χ1v) is 9.88. The summed E-state index contributed by atoms with van der Waals surface area (Å²) in [5, 5.41) is 5.11. The number of rotatable bonds is 2. The molecule has 0 atom stereocenters. The molecule has 1 heterocycles. The van der Waals surface area contributed by atoms with Crippen molar-refractivity contribution in [2.45, 2.75) is 0 Å². The molecule has 0 saturated carbocycles. The van der Waals surface area contributed by atoms with Crippen molar-refractivity contribution in [3.8, 4) is 16.8 Å². The zero-order valence-electron chi connectivity index (χ0n) is 15.8.